The number of anilines is 1. The van der Waals surface area contributed by atoms with Gasteiger partial charge in [0, 0.05) is 11.6 Å². The number of para-hydroxylation sites is 1. The van der Waals surface area contributed by atoms with Gasteiger partial charge in [0.15, 0.2) is 0 Å². The standard InChI is InChI=1S/C18H11F3N6O2/c19-18(20,21)29-13-8-6-12(7-9-13)27-25-16(24-26-27)17(28)23-14-5-1-3-11-4-2-10-22-15(11)14/h1-10H,(H,23,28). The van der Waals surface area contributed by atoms with E-state index in [1.165, 1.54) is 12.1 Å². The fourth-order valence-corrected chi connectivity index (χ4v) is 2.58. The highest BCUT2D eigenvalue weighted by Gasteiger charge is 2.31. The van der Waals surface area contributed by atoms with Crippen LogP contribution >= 0.6 is 0 Å². The molecule has 0 bridgehead atoms. The van der Waals surface area contributed by atoms with Crippen molar-refractivity contribution in [3.05, 3.63) is 66.6 Å². The predicted octanol–water partition coefficient (Wildman–Crippen LogP) is 3.36. The van der Waals surface area contributed by atoms with Gasteiger partial charge in [-0.2, -0.15) is 0 Å². The lowest BCUT2D eigenvalue weighted by atomic mass is 10.2. The van der Waals surface area contributed by atoms with Crippen LogP contribution in [0.5, 0.6) is 5.75 Å². The molecule has 0 aliphatic heterocycles. The van der Waals surface area contributed by atoms with Crippen molar-refractivity contribution in [3.63, 3.8) is 0 Å². The lowest BCUT2D eigenvalue weighted by Gasteiger charge is -2.08. The molecular weight excluding hydrogens is 389 g/mol. The SMILES string of the molecule is O=C(Nc1cccc2cccnc12)c1nnn(-c2ccc(OC(F)(F)F)cc2)n1. The lowest BCUT2D eigenvalue weighted by Crippen LogP contribution is -2.17. The number of benzene rings is 2. The molecule has 11 heteroatoms. The number of hydrogen-bond acceptors (Lipinski definition) is 6. The van der Waals surface area contributed by atoms with Crippen LogP contribution in [0.4, 0.5) is 18.9 Å². The maximum Gasteiger partial charge on any atom is 0.573 e. The number of aromatic nitrogens is 5. The number of rotatable bonds is 4. The Labute approximate surface area is 160 Å². The number of ether oxygens (including phenoxy) is 1. The molecule has 0 aliphatic carbocycles. The first-order valence-corrected chi connectivity index (χ1v) is 8.20. The van der Waals surface area contributed by atoms with Crippen LogP contribution < -0.4 is 10.1 Å². The summed E-state index contributed by atoms with van der Waals surface area (Å²) < 4.78 is 40.5. The van der Waals surface area contributed by atoms with E-state index >= 15 is 0 Å². The zero-order chi connectivity index (χ0) is 20.4. The molecule has 2 heterocycles. The molecule has 4 aromatic rings. The van der Waals surface area contributed by atoms with Gasteiger partial charge in [0.1, 0.15) is 5.75 Å². The molecule has 146 valence electrons. The van der Waals surface area contributed by atoms with Gasteiger partial charge in [0.2, 0.25) is 0 Å². The first kappa shape index (κ1) is 18.3. The van der Waals surface area contributed by atoms with Crippen LogP contribution in [0.2, 0.25) is 0 Å². The van der Waals surface area contributed by atoms with Gasteiger partial charge in [-0.3, -0.25) is 9.78 Å². The molecule has 0 radical (unpaired) electrons. The van der Waals surface area contributed by atoms with E-state index in [0.717, 1.165) is 22.3 Å². The third-order valence-corrected chi connectivity index (χ3v) is 3.80. The highest BCUT2D eigenvalue weighted by molar-refractivity contribution is 6.06. The van der Waals surface area contributed by atoms with Gasteiger partial charge in [0.25, 0.3) is 11.7 Å². The largest absolute Gasteiger partial charge is 0.573 e. The summed E-state index contributed by atoms with van der Waals surface area (Å²) in [6.07, 6.45) is -3.17. The molecule has 2 aromatic heterocycles. The second kappa shape index (κ2) is 7.19. The first-order valence-electron chi connectivity index (χ1n) is 8.20. The maximum absolute atomic E-state index is 12.5. The molecule has 8 nitrogen and oxygen atoms in total. The van der Waals surface area contributed by atoms with E-state index in [2.05, 4.69) is 30.4 Å². The second-order valence-corrected chi connectivity index (χ2v) is 5.78. The van der Waals surface area contributed by atoms with Crippen LogP contribution in [-0.2, 0) is 0 Å². The van der Waals surface area contributed by atoms with Crippen molar-refractivity contribution in [2.24, 2.45) is 0 Å². The van der Waals surface area contributed by atoms with Crippen LogP contribution in [0.15, 0.2) is 60.8 Å². The van der Waals surface area contributed by atoms with Crippen molar-refractivity contribution >= 4 is 22.5 Å². The molecule has 4 rings (SSSR count). The van der Waals surface area contributed by atoms with Crippen molar-refractivity contribution in [2.75, 3.05) is 5.32 Å². The zero-order valence-corrected chi connectivity index (χ0v) is 14.5. The Bertz CT molecular complexity index is 1170. The summed E-state index contributed by atoms with van der Waals surface area (Å²) in [6, 6.07) is 13.8. The fraction of sp³-hybridized carbons (Fsp3) is 0.0556. The van der Waals surface area contributed by atoms with Gasteiger partial charge in [-0.1, -0.05) is 18.2 Å². The molecule has 1 amide bonds. The quantitative estimate of drug-likeness (QED) is 0.565. The van der Waals surface area contributed by atoms with E-state index in [1.54, 1.807) is 24.4 Å². The van der Waals surface area contributed by atoms with Crippen molar-refractivity contribution in [2.45, 2.75) is 6.36 Å². The predicted molar refractivity (Wildman–Crippen MR) is 95.5 cm³/mol. The van der Waals surface area contributed by atoms with Crippen molar-refractivity contribution in [1.82, 2.24) is 25.2 Å². The third-order valence-electron chi connectivity index (χ3n) is 3.80. The summed E-state index contributed by atoms with van der Waals surface area (Å²) in [5, 5.41) is 14.9. The summed E-state index contributed by atoms with van der Waals surface area (Å²) in [5.41, 5.74) is 1.40. The first-order chi connectivity index (χ1) is 13.9. The number of carbonyl (C=O) groups is 1. The third kappa shape index (κ3) is 4.13. The zero-order valence-electron chi connectivity index (χ0n) is 14.5. The summed E-state index contributed by atoms with van der Waals surface area (Å²) in [7, 11) is 0. The summed E-state index contributed by atoms with van der Waals surface area (Å²) in [6.45, 7) is 0. The Balaban J connectivity index is 1.52. The molecule has 29 heavy (non-hydrogen) atoms. The highest BCUT2D eigenvalue weighted by atomic mass is 19.4. The van der Waals surface area contributed by atoms with Gasteiger partial charge in [0.05, 0.1) is 16.9 Å². The lowest BCUT2D eigenvalue weighted by molar-refractivity contribution is -0.274. The molecule has 0 saturated heterocycles. The van der Waals surface area contributed by atoms with E-state index < -0.39 is 12.3 Å². The molecule has 1 N–H and O–H groups in total. The van der Waals surface area contributed by atoms with E-state index in [-0.39, 0.29) is 11.6 Å². The van der Waals surface area contributed by atoms with Crippen molar-refractivity contribution < 1.29 is 22.7 Å². The van der Waals surface area contributed by atoms with Crippen molar-refractivity contribution in [3.8, 4) is 11.4 Å². The number of hydrogen-bond donors (Lipinski definition) is 1. The monoisotopic (exact) mass is 400 g/mol. The Morgan fingerprint density at radius 1 is 1.03 bits per heavy atom. The fourth-order valence-electron chi connectivity index (χ4n) is 2.58. The summed E-state index contributed by atoms with van der Waals surface area (Å²) >= 11 is 0. The number of amides is 1. The Kier molecular flexibility index (Phi) is 4.55. The highest BCUT2D eigenvalue weighted by Crippen LogP contribution is 2.23. The van der Waals surface area contributed by atoms with Gasteiger partial charge < -0.3 is 10.1 Å². The van der Waals surface area contributed by atoms with Gasteiger partial charge >= 0.3 is 6.36 Å². The Morgan fingerprint density at radius 3 is 2.55 bits per heavy atom. The van der Waals surface area contributed by atoms with Crippen LogP contribution in [0.1, 0.15) is 10.6 Å². The molecule has 0 saturated carbocycles. The minimum atomic E-state index is -4.78. The van der Waals surface area contributed by atoms with Gasteiger partial charge in [-0.15, -0.1) is 28.2 Å². The van der Waals surface area contributed by atoms with E-state index in [0.29, 0.717) is 16.9 Å². The number of tetrazole rings is 1. The van der Waals surface area contributed by atoms with Crippen LogP contribution in [0.3, 0.4) is 0 Å². The van der Waals surface area contributed by atoms with Gasteiger partial charge in [-0.05, 0) is 41.6 Å². The number of alkyl halides is 3. The normalized spacial score (nSPS) is 11.4. The second-order valence-electron chi connectivity index (χ2n) is 5.78. The smallest absolute Gasteiger partial charge is 0.406 e. The molecule has 0 fully saturated rings. The van der Waals surface area contributed by atoms with E-state index in [9.17, 15) is 18.0 Å². The van der Waals surface area contributed by atoms with E-state index in [4.69, 9.17) is 0 Å². The minimum Gasteiger partial charge on any atom is -0.406 e. The molecule has 0 aliphatic rings. The average Bonchev–Trinajstić information content (AvgIpc) is 3.18. The molecule has 2 aromatic carbocycles. The summed E-state index contributed by atoms with van der Waals surface area (Å²) in [5.74, 6) is -1.21. The van der Waals surface area contributed by atoms with Gasteiger partial charge in [-0.25, -0.2) is 0 Å². The van der Waals surface area contributed by atoms with E-state index in [1.807, 2.05) is 12.1 Å². The molecular formula is C18H11F3N6O2. The number of pyridine rings is 1. The van der Waals surface area contributed by atoms with Crippen molar-refractivity contribution in [1.29, 1.82) is 0 Å². The number of nitrogens with zero attached hydrogens (tertiary/aromatic N) is 5. The maximum atomic E-state index is 12.5. The average molecular weight is 400 g/mol. The Hall–Kier alpha value is -4.02. The molecule has 0 atom stereocenters. The number of fused-ring (bicyclic) bond motifs is 1. The number of carbonyl (C=O) groups excluding carboxylic acids is 1. The van der Waals surface area contributed by atoms with Crippen LogP contribution in [-0.4, -0.2) is 37.5 Å². The molecule has 0 spiro atoms. The summed E-state index contributed by atoms with van der Waals surface area (Å²) in [4.78, 5) is 17.7. The number of nitrogens with one attached hydrogen (secondary N) is 1. The molecule has 0 unspecified atom stereocenters. The Morgan fingerprint density at radius 2 is 1.79 bits per heavy atom. The minimum absolute atomic E-state index is 0.214. The van der Waals surface area contributed by atoms with Crippen LogP contribution in [0, 0.1) is 0 Å². The van der Waals surface area contributed by atoms with Crippen LogP contribution in [0.25, 0.3) is 16.6 Å². The number of halogens is 3. The topological polar surface area (TPSA) is 94.8 Å².